The third-order valence-corrected chi connectivity index (χ3v) is 4.59. The summed E-state index contributed by atoms with van der Waals surface area (Å²) >= 11 is 0. The highest BCUT2D eigenvalue weighted by atomic mass is 16.5. The Morgan fingerprint density at radius 1 is 1.28 bits per heavy atom. The molecule has 1 unspecified atom stereocenters. The summed E-state index contributed by atoms with van der Waals surface area (Å²) in [5.74, 6) is 0.249. The van der Waals surface area contributed by atoms with Crippen molar-refractivity contribution < 1.29 is 9.32 Å². The van der Waals surface area contributed by atoms with E-state index in [1.165, 1.54) is 10.6 Å². The number of H-pyrrole nitrogens is 1. The fourth-order valence-corrected chi connectivity index (χ4v) is 3.37. The molecule has 0 aromatic carbocycles. The smallest absolute Gasteiger partial charge is 0.292 e. The summed E-state index contributed by atoms with van der Waals surface area (Å²) in [4.78, 5) is 30.8. The Labute approximate surface area is 143 Å². The van der Waals surface area contributed by atoms with E-state index in [0.29, 0.717) is 30.1 Å². The van der Waals surface area contributed by atoms with Crippen LogP contribution in [0.3, 0.4) is 0 Å². The molecule has 4 rings (SSSR count). The normalized spacial score (nSPS) is 18.0. The van der Waals surface area contributed by atoms with Crippen LogP contribution in [-0.2, 0) is 0 Å². The number of carbonyl (C=O) groups is 1. The summed E-state index contributed by atoms with van der Waals surface area (Å²) in [6.07, 6.45) is 1.83. The molecule has 1 aliphatic rings. The molecule has 8 nitrogen and oxygen atoms in total. The van der Waals surface area contributed by atoms with E-state index in [9.17, 15) is 9.59 Å². The highest BCUT2D eigenvalue weighted by molar-refractivity contribution is 5.91. The van der Waals surface area contributed by atoms with Crippen molar-refractivity contribution >= 4 is 11.6 Å². The third-order valence-electron chi connectivity index (χ3n) is 4.59. The van der Waals surface area contributed by atoms with Crippen LogP contribution in [0.1, 0.15) is 46.4 Å². The number of likely N-dealkylation sites (tertiary alicyclic amines) is 1. The first-order valence-electron chi connectivity index (χ1n) is 8.33. The van der Waals surface area contributed by atoms with Crippen molar-refractivity contribution in [2.24, 2.45) is 0 Å². The minimum Gasteiger partial charge on any atom is -0.351 e. The van der Waals surface area contributed by atoms with Gasteiger partial charge in [-0.25, -0.2) is 9.50 Å². The lowest BCUT2D eigenvalue weighted by Gasteiger charge is -2.31. The van der Waals surface area contributed by atoms with Crippen molar-refractivity contribution in [1.29, 1.82) is 0 Å². The number of rotatable bonds is 2. The Morgan fingerprint density at radius 2 is 2.12 bits per heavy atom. The van der Waals surface area contributed by atoms with Gasteiger partial charge in [0.1, 0.15) is 0 Å². The van der Waals surface area contributed by atoms with Gasteiger partial charge in [-0.05, 0) is 26.7 Å². The van der Waals surface area contributed by atoms with Gasteiger partial charge in [-0.15, -0.1) is 0 Å². The predicted molar refractivity (Wildman–Crippen MR) is 89.7 cm³/mol. The van der Waals surface area contributed by atoms with Crippen molar-refractivity contribution in [3.63, 3.8) is 0 Å². The minimum atomic E-state index is -0.146. The summed E-state index contributed by atoms with van der Waals surface area (Å²) in [6, 6.07) is 5.04. The number of piperidine rings is 1. The minimum absolute atomic E-state index is 0.128. The van der Waals surface area contributed by atoms with Crippen molar-refractivity contribution in [3.8, 4) is 0 Å². The van der Waals surface area contributed by atoms with Gasteiger partial charge < -0.3 is 9.42 Å². The van der Waals surface area contributed by atoms with Gasteiger partial charge in [-0.1, -0.05) is 5.16 Å². The van der Waals surface area contributed by atoms with Gasteiger partial charge in [-0.2, -0.15) is 0 Å². The molecule has 4 heterocycles. The van der Waals surface area contributed by atoms with Crippen LogP contribution in [-0.4, -0.2) is 43.7 Å². The van der Waals surface area contributed by atoms with Crippen molar-refractivity contribution in [3.05, 3.63) is 51.4 Å². The molecule has 0 bridgehead atoms. The molecule has 0 saturated carbocycles. The Bertz CT molecular complexity index is 999. The van der Waals surface area contributed by atoms with E-state index in [0.717, 1.165) is 18.5 Å². The van der Waals surface area contributed by atoms with Crippen LogP contribution in [0.15, 0.2) is 27.5 Å². The van der Waals surface area contributed by atoms with Crippen LogP contribution >= 0.6 is 0 Å². The van der Waals surface area contributed by atoms with E-state index in [2.05, 4.69) is 15.2 Å². The molecule has 1 aliphatic heterocycles. The first-order chi connectivity index (χ1) is 12.0. The lowest BCUT2D eigenvalue weighted by molar-refractivity contribution is 0.0663. The molecule has 8 heteroatoms. The van der Waals surface area contributed by atoms with Crippen LogP contribution in [0.5, 0.6) is 0 Å². The van der Waals surface area contributed by atoms with Gasteiger partial charge in [-0.3, -0.25) is 14.7 Å². The maximum absolute atomic E-state index is 12.6. The molecule has 1 atom stereocenters. The summed E-state index contributed by atoms with van der Waals surface area (Å²) in [5, 5.41) is 6.91. The summed E-state index contributed by atoms with van der Waals surface area (Å²) < 4.78 is 6.54. The first kappa shape index (κ1) is 15.6. The third kappa shape index (κ3) is 2.84. The fourth-order valence-electron chi connectivity index (χ4n) is 3.37. The predicted octanol–water partition coefficient (Wildman–Crippen LogP) is 1.65. The van der Waals surface area contributed by atoms with Crippen LogP contribution in [0.4, 0.5) is 0 Å². The van der Waals surface area contributed by atoms with Gasteiger partial charge in [0.25, 0.3) is 11.5 Å². The van der Waals surface area contributed by atoms with E-state index < -0.39 is 0 Å². The SMILES string of the molecule is Cc1cc(C(=O)N2CCCC(c3cc4nc(C)cc(=O)n4[nH]3)C2)on1. The molecule has 0 radical (unpaired) electrons. The summed E-state index contributed by atoms with van der Waals surface area (Å²) in [7, 11) is 0. The molecule has 1 fully saturated rings. The van der Waals surface area contributed by atoms with Crippen molar-refractivity contribution in [1.82, 2.24) is 24.7 Å². The molecule has 1 saturated heterocycles. The van der Waals surface area contributed by atoms with E-state index in [1.54, 1.807) is 24.8 Å². The largest absolute Gasteiger partial charge is 0.351 e. The number of nitrogens with one attached hydrogen (secondary N) is 1. The second-order valence-corrected chi connectivity index (χ2v) is 6.56. The second kappa shape index (κ2) is 5.87. The number of hydrogen-bond acceptors (Lipinski definition) is 5. The number of nitrogens with zero attached hydrogens (tertiary/aromatic N) is 4. The van der Waals surface area contributed by atoms with Gasteiger partial charge in [0.15, 0.2) is 5.65 Å². The Balaban J connectivity index is 1.60. The average Bonchev–Trinajstić information content (AvgIpc) is 3.21. The number of carbonyl (C=O) groups excluding carboxylic acids is 1. The topological polar surface area (TPSA) is 96.5 Å². The quantitative estimate of drug-likeness (QED) is 0.764. The second-order valence-electron chi connectivity index (χ2n) is 6.56. The molecular formula is C17H19N5O3. The standard InChI is InChI=1S/C17H19N5O3/c1-10-7-16(23)22-15(18-10)8-13(19-22)12-4-3-5-21(9-12)17(24)14-6-11(2)20-25-14/h6-8,12,19H,3-5,9H2,1-2H3. The maximum atomic E-state index is 12.6. The van der Waals surface area contributed by atoms with Gasteiger partial charge >= 0.3 is 0 Å². The maximum Gasteiger partial charge on any atom is 0.292 e. The fraction of sp³-hybridized carbons (Fsp3) is 0.412. The molecule has 25 heavy (non-hydrogen) atoms. The lowest BCUT2D eigenvalue weighted by Crippen LogP contribution is -2.39. The van der Waals surface area contributed by atoms with Gasteiger partial charge in [0, 0.05) is 48.6 Å². The molecule has 3 aromatic heterocycles. The number of aryl methyl sites for hydroxylation is 2. The van der Waals surface area contributed by atoms with E-state index in [4.69, 9.17) is 4.52 Å². The van der Waals surface area contributed by atoms with Crippen LogP contribution in [0.25, 0.3) is 5.65 Å². The molecule has 1 N–H and O–H groups in total. The molecule has 130 valence electrons. The van der Waals surface area contributed by atoms with Gasteiger partial charge in [0.2, 0.25) is 5.76 Å². The lowest BCUT2D eigenvalue weighted by atomic mass is 9.94. The zero-order chi connectivity index (χ0) is 17.6. The zero-order valence-electron chi connectivity index (χ0n) is 14.2. The number of aromatic nitrogens is 4. The van der Waals surface area contributed by atoms with E-state index in [1.807, 2.05) is 6.07 Å². The first-order valence-corrected chi connectivity index (χ1v) is 8.33. The highest BCUT2D eigenvalue weighted by Crippen LogP contribution is 2.27. The summed E-state index contributed by atoms with van der Waals surface area (Å²) in [6.45, 7) is 4.84. The van der Waals surface area contributed by atoms with Crippen LogP contribution in [0.2, 0.25) is 0 Å². The van der Waals surface area contributed by atoms with E-state index >= 15 is 0 Å². The summed E-state index contributed by atoms with van der Waals surface area (Å²) in [5.41, 5.74) is 2.77. The highest BCUT2D eigenvalue weighted by Gasteiger charge is 2.28. The number of aromatic amines is 1. The monoisotopic (exact) mass is 341 g/mol. The molecule has 0 spiro atoms. The van der Waals surface area contributed by atoms with Crippen LogP contribution in [0, 0.1) is 13.8 Å². The van der Waals surface area contributed by atoms with Gasteiger partial charge in [0.05, 0.1) is 5.69 Å². The van der Waals surface area contributed by atoms with Crippen molar-refractivity contribution in [2.75, 3.05) is 13.1 Å². The van der Waals surface area contributed by atoms with Crippen LogP contribution < -0.4 is 5.56 Å². The number of amides is 1. The zero-order valence-corrected chi connectivity index (χ0v) is 14.2. The molecule has 1 amide bonds. The molecule has 0 aliphatic carbocycles. The Hall–Kier alpha value is -2.90. The molecule has 3 aromatic rings. The Morgan fingerprint density at radius 3 is 2.88 bits per heavy atom. The number of hydrogen-bond donors (Lipinski definition) is 1. The Kier molecular flexibility index (Phi) is 3.67. The molecular weight excluding hydrogens is 322 g/mol. The number of fused-ring (bicyclic) bond motifs is 1. The van der Waals surface area contributed by atoms with E-state index in [-0.39, 0.29) is 23.1 Å². The van der Waals surface area contributed by atoms with Crippen molar-refractivity contribution in [2.45, 2.75) is 32.6 Å². The average molecular weight is 341 g/mol.